The molecule has 13 heavy (non-hydrogen) atoms. The number of rotatable bonds is 7. The van der Waals surface area contributed by atoms with E-state index in [1.54, 1.807) is 0 Å². The first-order valence-electron chi connectivity index (χ1n) is 4.40. The molecule has 78 valence electrons. The van der Waals surface area contributed by atoms with Gasteiger partial charge in [0.2, 0.25) is 5.12 Å². The van der Waals surface area contributed by atoms with Crippen LogP contribution in [0.2, 0.25) is 0 Å². The molecule has 0 aliphatic heterocycles. The Labute approximate surface area is 84.4 Å². The molecule has 0 amide bonds. The summed E-state index contributed by atoms with van der Waals surface area (Å²) in [7, 11) is 0. The van der Waals surface area contributed by atoms with E-state index in [1.165, 1.54) is 0 Å². The van der Waals surface area contributed by atoms with Crippen molar-refractivity contribution in [2.45, 2.75) is 25.4 Å². The van der Waals surface area contributed by atoms with Crippen LogP contribution < -0.4 is 11.5 Å². The quantitative estimate of drug-likeness (QED) is 0.509. The maximum atomic E-state index is 11.2. The van der Waals surface area contributed by atoms with Gasteiger partial charge in [-0.3, -0.25) is 4.79 Å². The topological polar surface area (TPSA) is 78.3 Å². The molecule has 0 aromatic rings. The van der Waals surface area contributed by atoms with Crippen molar-refractivity contribution in [1.82, 2.24) is 0 Å². The van der Waals surface area contributed by atoms with E-state index in [1.807, 2.05) is 6.92 Å². The minimum Gasteiger partial charge on any atom is -0.365 e. The van der Waals surface area contributed by atoms with Crippen molar-refractivity contribution in [3.63, 3.8) is 0 Å². The van der Waals surface area contributed by atoms with E-state index in [9.17, 15) is 4.79 Å². The normalized spacial score (nSPS) is 15.4. The molecular weight excluding hydrogens is 188 g/mol. The molecule has 0 saturated heterocycles. The van der Waals surface area contributed by atoms with Crippen LogP contribution in [0.25, 0.3) is 0 Å². The van der Waals surface area contributed by atoms with E-state index in [0.717, 1.165) is 0 Å². The van der Waals surface area contributed by atoms with E-state index >= 15 is 0 Å². The first-order chi connectivity index (χ1) is 6.13. The lowest BCUT2D eigenvalue weighted by atomic mass is 9.98. The van der Waals surface area contributed by atoms with Crippen LogP contribution in [-0.4, -0.2) is 30.4 Å². The Morgan fingerprint density at radius 1 is 1.46 bits per heavy atom. The van der Waals surface area contributed by atoms with Crippen LogP contribution in [0.3, 0.4) is 0 Å². The van der Waals surface area contributed by atoms with E-state index in [4.69, 9.17) is 16.2 Å². The minimum atomic E-state index is -0.836. The smallest absolute Gasteiger partial charge is 0.217 e. The average Bonchev–Trinajstić information content (AvgIpc) is 2.12. The molecule has 4 N–H and O–H groups in total. The van der Waals surface area contributed by atoms with Gasteiger partial charge in [-0.25, -0.2) is 0 Å². The summed E-state index contributed by atoms with van der Waals surface area (Å²) in [4.78, 5) is 11.2. The molecule has 0 aromatic carbocycles. The summed E-state index contributed by atoms with van der Waals surface area (Å²) in [6.07, 6.45) is 1.07. The van der Waals surface area contributed by atoms with Gasteiger partial charge in [0.1, 0.15) is 5.60 Å². The fourth-order valence-electron chi connectivity index (χ4n) is 1.16. The maximum absolute atomic E-state index is 11.2. The molecule has 0 aromatic heterocycles. The van der Waals surface area contributed by atoms with Crippen molar-refractivity contribution < 1.29 is 9.53 Å². The molecule has 0 bridgehead atoms. The number of hydrogen-bond donors (Lipinski definition) is 3. The SMILES string of the molecule is CCC(CCN)(OCCN)C(=O)S. The van der Waals surface area contributed by atoms with Crippen LogP contribution in [-0.2, 0) is 9.53 Å². The monoisotopic (exact) mass is 206 g/mol. The molecular formula is C8H18N2O2S. The second-order valence-corrected chi connectivity index (χ2v) is 3.23. The number of carbonyl (C=O) groups excluding carboxylic acids is 1. The Bertz CT molecular complexity index is 166. The lowest BCUT2D eigenvalue weighted by Gasteiger charge is -2.28. The Balaban J connectivity index is 4.35. The maximum Gasteiger partial charge on any atom is 0.217 e. The molecule has 0 heterocycles. The van der Waals surface area contributed by atoms with E-state index in [0.29, 0.717) is 32.5 Å². The molecule has 0 saturated carbocycles. The van der Waals surface area contributed by atoms with Gasteiger partial charge in [0.15, 0.2) is 0 Å². The molecule has 1 unspecified atom stereocenters. The molecule has 0 rings (SSSR count). The molecule has 0 radical (unpaired) electrons. The van der Waals surface area contributed by atoms with Gasteiger partial charge in [0, 0.05) is 6.54 Å². The van der Waals surface area contributed by atoms with Gasteiger partial charge in [-0.1, -0.05) is 6.92 Å². The van der Waals surface area contributed by atoms with Gasteiger partial charge in [-0.2, -0.15) is 0 Å². The molecule has 0 spiro atoms. The van der Waals surface area contributed by atoms with Gasteiger partial charge in [-0.05, 0) is 19.4 Å². The summed E-state index contributed by atoms with van der Waals surface area (Å²) >= 11 is 3.81. The van der Waals surface area contributed by atoms with Crippen LogP contribution in [0.5, 0.6) is 0 Å². The first-order valence-corrected chi connectivity index (χ1v) is 4.85. The Morgan fingerprint density at radius 3 is 2.38 bits per heavy atom. The number of thiol groups is 1. The van der Waals surface area contributed by atoms with Crippen molar-refractivity contribution >= 4 is 17.7 Å². The third-order valence-electron chi connectivity index (χ3n) is 2.01. The highest BCUT2D eigenvalue weighted by Gasteiger charge is 2.34. The standard InChI is InChI=1S/C8H18N2O2S/c1-2-8(3-4-9,7(11)13)12-6-5-10/h2-6,9-10H2,1H3,(H,11,13). The molecule has 0 aliphatic rings. The van der Waals surface area contributed by atoms with Crippen molar-refractivity contribution in [2.24, 2.45) is 11.5 Å². The van der Waals surface area contributed by atoms with E-state index in [2.05, 4.69) is 12.6 Å². The predicted molar refractivity (Wildman–Crippen MR) is 55.7 cm³/mol. The lowest BCUT2D eigenvalue weighted by molar-refractivity contribution is -0.136. The summed E-state index contributed by atoms with van der Waals surface area (Å²) in [6.45, 7) is 3.04. The summed E-state index contributed by atoms with van der Waals surface area (Å²) < 4.78 is 5.40. The molecule has 0 aliphatic carbocycles. The minimum absolute atomic E-state index is 0.270. The number of nitrogens with two attached hydrogens (primary N) is 2. The zero-order valence-corrected chi connectivity index (χ0v) is 8.85. The van der Waals surface area contributed by atoms with Gasteiger partial charge < -0.3 is 16.2 Å². The van der Waals surface area contributed by atoms with Gasteiger partial charge in [-0.15, -0.1) is 12.6 Å². The largest absolute Gasteiger partial charge is 0.365 e. The second-order valence-electron chi connectivity index (χ2n) is 2.83. The third kappa shape index (κ3) is 3.64. The summed E-state index contributed by atoms with van der Waals surface area (Å²) in [5, 5.41) is -0.270. The fraction of sp³-hybridized carbons (Fsp3) is 0.875. The first kappa shape index (κ1) is 12.9. The summed E-state index contributed by atoms with van der Waals surface area (Å²) in [6, 6.07) is 0. The van der Waals surface area contributed by atoms with Crippen molar-refractivity contribution in [3.05, 3.63) is 0 Å². The van der Waals surface area contributed by atoms with Crippen molar-refractivity contribution in [1.29, 1.82) is 0 Å². The predicted octanol–water partition coefficient (Wildman–Crippen LogP) is -0.0843. The number of hydrogen-bond acceptors (Lipinski definition) is 4. The van der Waals surface area contributed by atoms with Crippen LogP contribution in [0.1, 0.15) is 19.8 Å². The lowest BCUT2D eigenvalue weighted by Crippen LogP contribution is -2.41. The van der Waals surface area contributed by atoms with E-state index in [-0.39, 0.29) is 5.12 Å². The Morgan fingerprint density at radius 2 is 2.08 bits per heavy atom. The number of ether oxygens (including phenoxy) is 1. The van der Waals surface area contributed by atoms with Crippen LogP contribution in [0.4, 0.5) is 0 Å². The highest BCUT2D eigenvalue weighted by Crippen LogP contribution is 2.22. The van der Waals surface area contributed by atoms with E-state index < -0.39 is 5.60 Å². The molecule has 0 fully saturated rings. The highest BCUT2D eigenvalue weighted by molar-refractivity contribution is 7.96. The molecule has 1 atom stereocenters. The highest BCUT2D eigenvalue weighted by atomic mass is 32.1. The summed E-state index contributed by atoms with van der Waals surface area (Å²) in [5.74, 6) is 0. The zero-order valence-electron chi connectivity index (χ0n) is 7.95. The Kier molecular flexibility index (Phi) is 6.32. The third-order valence-corrected chi connectivity index (χ3v) is 2.41. The zero-order chi connectivity index (χ0) is 10.3. The molecule has 4 nitrogen and oxygen atoms in total. The number of carbonyl (C=O) groups is 1. The van der Waals surface area contributed by atoms with Gasteiger partial charge >= 0.3 is 0 Å². The van der Waals surface area contributed by atoms with Crippen LogP contribution in [0, 0.1) is 0 Å². The van der Waals surface area contributed by atoms with Crippen LogP contribution >= 0.6 is 12.6 Å². The fourth-order valence-corrected chi connectivity index (χ4v) is 1.49. The van der Waals surface area contributed by atoms with Gasteiger partial charge in [0.25, 0.3) is 0 Å². The summed E-state index contributed by atoms with van der Waals surface area (Å²) in [5.41, 5.74) is 9.86. The van der Waals surface area contributed by atoms with Crippen molar-refractivity contribution in [2.75, 3.05) is 19.7 Å². The van der Waals surface area contributed by atoms with Crippen LogP contribution in [0.15, 0.2) is 0 Å². The molecule has 5 heteroatoms. The van der Waals surface area contributed by atoms with Gasteiger partial charge in [0.05, 0.1) is 6.61 Å². The second kappa shape index (κ2) is 6.37. The van der Waals surface area contributed by atoms with Crippen molar-refractivity contribution in [3.8, 4) is 0 Å². The Hall–Kier alpha value is -0.100. The average molecular weight is 206 g/mol.